The van der Waals surface area contributed by atoms with E-state index in [0.717, 1.165) is 62.9 Å². The number of hydrogen-bond donors (Lipinski definition) is 3. The van der Waals surface area contributed by atoms with E-state index >= 15 is 0 Å². The molecule has 6 N–H and O–H groups in total. The van der Waals surface area contributed by atoms with Gasteiger partial charge in [0.25, 0.3) is 0 Å². The van der Waals surface area contributed by atoms with E-state index in [1.54, 1.807) is 149 Å². The van der Waals surface area contributed by atoms with E-state index in [4.69, 9.17) is 112 Å². The highest BCUT2D eigenvalue weighted by Gasteiger charge is 2.21. The molecule has 0 fully saturated rings. The Hall–Kier alpha value is -14.4. The zero-order chi connectivity index (χ0) is 87.3. The Morgan fingerprint density at radius 1 is 0.218 bits per heavy atom. The number of nitrogens with zero attached hydrogens (tertiary/aromatic N) is 2. The molecule has 0 aliphatic rings. The molecular weight excluding hydrogens is 1540 g/mol. The molecule has 0 aliphatic heterocycles. The minimum absolute atomic E-state index is 0.0371. The lowest BCUT2D eigenvalue weighted by Gasteiger charge is -2.14. The molecule has 0 saturated heterocycles. The number of nitro benzene ring substituents is 2. The molecule has 0 unspecified atom stereocenters. The topological polar surface area (TPSA) is 349 Å². The molecule has 0 saturated carbocycles. The summed E-state index contributed by atoms with van der Waals surface area (Å²) < 4.78 is 105. The summed E-state index contributed by atoms with van der Waals surface area (Å²) in [6.45, 7) is 0. The van der Waals surface area contributed by atoms with Gasteiger partial charge in [-0.3, -0.25) is 20.2 Å². The second-order valence-corrected chi connectivity index (χ2v) is 25.0. The van der Waals surface area contributed by atoms with E-state index in [9.17, 15) is 20.2 Å². The first-order valence-electron chi connectivity index (χ1n) is 36.4. The van der Waals surface area contributed by atoms with Gasteiger partial charge in [-0.25, -0.2) is 0 Å². The van der Waals surface area contributed by atoms with Gasteiger partial charge in [0.1, 0.15) is 17.2 Å². The highest BCUT2D eigenvalue weighted by Crippen LogP contribution is 2.44. The van der Waals surface area contributed by atoms with Gasteiger partial charge in [-0.15, -0.1) is 0 Å². The maximum Gasteiger partial charge on any atom is 0.311 e. The molecule has 29 nitrogen and oxygen atoms in total. The van der Waals surface area contributed by atoms with Crippen molar-refractivity contribution in [2.75, 3.05) is 159 Å². The van der Waals surface area contributed by atoms with Crippen LogP contribution in [0, 0.1) is 20.2 Å². The first-order chi connectivity index (χ1) is 57.4. The van der Waals surface area contributed by atoms with Crippen molar-refractivity contribution in [3.63, 3.8) is 0 Å². The summed E-state index contributed by atoms with van der Waals surface area (Å²) in [6, 6.07) is 45.6. The Bertz CT molecular complexity index is 4860. The van der Waals surface area contributed by atoms with Crippen LogP contribution in [0.4, 0.5) is 28.4 Å². The van der Waals surface area contributed by atoms with Crippen molar-refractivity contribution in [1.82, 2.24) is 0 Å². The summed E-state index contributed by atoms with van der Waals surface area (Å²) >= 11 is 0. The second kappa shape index (κ2) is 47.5. The predicted molar refractivity (Wildman–Crippen MR) is 464 cm³/mol. The van der Waals surface area contributed by atoms with Gasteiger partial charge in [0.2, 0.25) is 28.7 Å². The third-order valence-electron chi connectivity index (χ3n) is 18.0. The fraction of sp³-hybridized carbons (Fsp3) is 0.267. The zero-order valence-electron chi connectivity index (χ0n) is 70.7. The van der Waals surface area contributed by atoms with Crippen LogP contribution in [0.5, 0.6) is 115 Å². The second-order valence-electron chi connectivity index (χ2n) is 25.0. The summed E-state index contributed by atoms with van der Waals surface area (Å²) in [7, 11) is 31.3. The standard InChI is InChI=1S/C18H21NO6.C18H19NO6.C18H23NO4.2C18H21NO4/c2*1-22-15-8-7-12(9-14(15)19(20)21)5-6-13-10-16(23-2)18(25-4)17(11-13)24-3;3*1-20-15-8-7-12(9-14(15)19)5-6-13-10-16(21-2)18(23-4)17(11-13)22-3/h7-11H,5-6H2,1-4H3;5-11H,1-4H3;7-11H,5-6,19H2,1-4H3;2*5-11H,19H2,1-4H3/b;6-5-;;6-5+;6-5-. The van der Waals surface area contributed by atoms with Crippen LogP contribution in [0.1, 0.15) is 55.6 Å². The Balaban J connectivity index is 0.000000231. The van der Waals surface area contributed by atoms with Gasteiger partial charge in [-0.2, -0.15) is 0 Å². The molecule has 0 amide bonds. The molecule has 0 atom stereocenters. The van der Waals surface area contributed by atoms with Crippen molar-refractivity contribution >= 4 is 64.9 Å². The molecule has 0 aliphatic carbocycles. The molecule has 10 aromatic carbocycles. The van der Waals surface area contributed by atoms with E-state index in [1.165, 1.54) is 47.7 Å². The van der Waals surface area contributed by atoms with E-state index < -0.39 is 9.85 Å². The smallest absolute Gasteiger partial charge is 0.311 e. The first-order valence-corrected chi connectivity index (χ1v) is 36.4. The lowest BCUT2D eigenvalue weighted by atomic mass is 10.0. The van der Waals surface area contributed by atoms with Gasteiger partial charge in [-0.1, -0.05) is 66.8 Å². The quantitative estimate of drug-likeness (QED) is 0.0146. The number of hydrogen-bond acceptors (Lipinski definition) is 27. The molecule has 634 valence electrons. The Morgan fingerprint density at radius 3 is 0.664 bits per heavy atom. The van der Waals surface area contributed by atoms with Gasteiger partial charge in [0, 0.05) is 12.1 Å². The van der Waals surface area contributed by atoms with E-state index in [-0.39, 0.29) is 22.9 Å². The summed E-state index contributed by atoms with van der Waals surface area (Å²) in [4.78, 5) is 21.3. The van der Waals surface area contributed by atoms with Crippen LogP contribution in [0.25, 0.3) is 36.5 Å². The maximum atomic E-state index is 11.1. The molecule has 10 aromatic rings. The Kier molecular flexibility index (Phi) is 37.3. The van der Waals surface area contributed by atoms with Crippen molar-refractivity contribution < 1.29 is 105 Å². The van der Waals surface area contributed by atoms with Gasteiger partial charge in [0.15, 0.2) is 69.0 Å². The van der Waals surface area contributed by atoms with E-state index in [1.807, 2.05) is 133 Å². The third kappa shape index (κ3) is 25.8. The molecule has 0 bridgehead atoms. The summed E-state index contributed by atoms with van der Waals surface area (Å²) in [6.07, 6.45) is 14.4. The molecule has 119 heavy (non-hydrogen) atoms. The highest BCUT2D eigenvalue weighted by molar-refractivity contribution is 5.78. The summed E-state index contributed by atoms with van der Waals surface area (Å²) in [5.41, 5.74) is 28.8. The number of anilines is 3. The molecule has 0 aromatic heterocycles. The monoisotopic (exact) mass is 1640 g/mol. The number of aryl methyl sites for hydroxylation is 4. The number of ether oxygens (including phenoxy) is 20. The van der Waals surface area contributed by atoms with E-state index in [2.05, 4.69) is 0 Å². The van der Waals surface area contributed by atoms with Gasteiger partial charge >= 0.3 is 11.4 Å². The average molecular weight is 1640 g/mol. The predicted octanol–water partition coefficient (Wildman–Crippen LogP) is 17.2. The number of nitrogens with two attached hydrogens (primary N) is 3. The molecule has 0 spiro atoms. The van der Waals surface area contributed by atoms with Crippen LogP contribution in [0.15, 0.2) is 152 Å². The zero-order valence-corrected chi connectivity index (χ0v) is 70.7. The van der Waals surface area contributed by atoms with Crippen LogP contribution in [0.2, 0.25) is 0 Å². The fourth-order valence-electron chi connectivity index (χ4n) is 11.9. The first kappa shape index (κ1) is 93.5. The molecule has 0 heterocycles. The van der Waals surface area contributed by atoms with Crippen LogP contribution >= 0.6 is 0 Å². The summed E-state index contributed by atoms with van der Waals surface area (Å²) in [5.74, 6) is 11.3. The molecule has 29 heteroatoms. The summed E-state index contributed by atoms with van der Waals surface area (Å²) in [5, 5.41) is 22.2. The maximum absolute atomic E-state index is 11.1. The van der Waals surface area contributed by atoms with Crippen molar-refractivity contribution in [2.24, 2.45) is 0 Å². The minimum Gasteiger partial charge on any atom is -0.495 e. The van der Waals surface area contributed by atoms with Crippen molar-refractivity contribution in [1.29, 1.82) is 0 Å². The number of benzene rings is 10. The number of rotatable bonds is 34. The number of nitrogen functional groups attached to an aromatic ring is 3. The van der Waals surface area contributed by atoms with Gasteiger partial charge in [0.05, 0.1) is 169 Å². The van der Waals surface area contributed by atoms with E-state index in [0.29, 0.717) is 139 Å². The average Bonchev–Trinajstić information content (AvgIpc) is 0.835. The number of methoxy groups -OCH3 is 20. The van der Waals surface area contributed by atoms with Crippen LogP contribution in [-0.4, -0.2) is 152 Å². The van der Waals surface area contributed by atoms with Crippen LogP contribution < -0.4 is 112 Å². The third-order valence-corrected chi connectivity index (χ3v) is 18.0. The molecule has 0 radical (unpaired) electrons. The lowest BCUT2D eigenvalue weighted by Crippen LogP contribution is -1.99. The minimum atomic E-state index is -0.477. The normalized spacial score (nSPS) is 10.5. The van der Waals surface area contributed by atoms with Crippen molar-refractivity contribution in [2.45, 2.75) is 25.7 Å². The lowest BCUT2D eigenvalue weighted by molar-refractivity contribution is -0.385. The molecule has 10 rings (SSSR count). The van der Waals surface area contributed by atoms with Gasteiger partial charge in [-0.05, 0) is 191 Å². The van der Waals surface area contributed by atoms with Crippen LogP contribution in [0.3, 0.4) is 0 Å². The molecular formula is C90H105N5O24. The van der Waals surface area contributed by atoms with Gasteiger partial charge < -0.3 is 112 Å². The van der Waals surface area contributed by atoms with Crippen molar-refractivity contribution in [3.05, 3.63) is 228 Å². The SMILES string of the molecule is COc1ccc(/C=C/c2cc(OC)c(OC)c(OC)c2)cc1N.COc1ccc(/C=C\c2cc(OC)c(OC)c(OC)c2)cc1N.COc1ccc(/C=C\c2cc(OC)c(OC)c(OC)c2)cc1[N+](=O)[O-].COc1ccc(CCc2cc(OC)c(OC)c(OC)c2)cc1N.COc1ccc(CCc2cc(OC)c(OC)c(OC)c2)cc1[N+](=O)[O-]. The van der Waals surface area contributed by atoms with Crippen LogP contribution in [-0.2, 0) is 25.7 Å². The number of nitro groups is 2. The highest BCUT2D eigenvalue weighted by atomic mass is 16.6. The fourth-order valence-corrected chi connectivity index (χ4v) is 11.9. The van der Waals surface area contributed by atoms with Crippen molar-refractivity contribution in [3.8, 4) is 115 Å². The Morgan fingerprint density at radius 2 is 0.420 bits per heavy atom. The largest absolute Gasteiger partial charge is 0.495 e. The Labute approximate surface area is 693 Å².